The second kappa shape index (κ2) is 5.13. The summed E-state index contributed by atoms with van der Waals surface area (Å²) < 4.78 is 0. The van der Waals surface area contributed by atoms with Crippen LogP contribution >= 0.6 is 0 Å². The van der Waals surface area contributed by atoms with Gasteiger partial charge in [0.2, 0.25) is 0 Å². The number of nitrogens with two attached hydrogens (primary N) is 1. The van der Waals surface area contributed by atoms with Gasteiger partial charge >= 0.3 is 0 Å². The van der Waals surface area contributed by atoms with Gasteiger partial charge in [0, 0.05) is 19.1 Å². The summed E-state index contributed by atoms with van der Waals surface area (Å²) in [7, 11) is 0. The molecule has 0 amide bonds. The second-order valence-corrected chi connectivity index (χ2v) is 5.46. The number of hydrogen-bond acceptors (Lipinski definition) is 2. The molecule has 84 valence electrons. The molecule has 1 fully saturated rings. The highest BCUT2D eigenvalue weighted by molar-refractivity contribution is 4.81. The van der Waals surface area contributed by atoms with Gasteiger partial charge < -0.3 is 10.6 Å². The van der Waals surface area contributed by atoms with Crippen molar-refractivity contribution in [3.05, 3.63) is 0 Å². The first-order valence-corrected chi connectivity index (χ1v) is 5.98. The lowest BCUT2D eigenvalue weighted by molar-refractivity contribution is 0.265. The molecule has 2 atom stereocenters. The Morgan fingerprint density at radius 2 is 1.93 bits per heavy atom. The SMILES string of the molecule is CC(C)C(N)CN1CCC(C(C)C)C1. The largest absolute Gasteiger partial charge is 0.326 e. The van der Waals surface area contributed by atoms with Crippen molar-refractivity contribution < 1.29 is 0 Å². The lowest BCUT2D eigenvalue weighted by Gasteiger charge is -2.23. The quantitative estimate of drug-likeness (QED) is 0.748. The Hall–Kier alpha value is -0.0800. The lowest BCUT2D eigenvalue weighted by Crippen LogP contribution is -2.39. The first kappa shape index (κ1) is 12.0. The van der Waals surface area contributed by atoms with Crippen molar-refractivity contribution in [1.82, 2.24) is 4.90 Å². The van der Waals surface area contributed by atoms with Crippen molar-refractivity contribution in [2.24, 2.45) is 23.5 Å². The zero-order chi connectivity index (χ0) is 10.7. The summed E-state index contributed by atoms with van der Waals surface area (Å²) in [5.41, 5.74) is 6.08. The van der Waals surface area contributed by atoms with E-state index in [9.17, 15) is 0 Å². The van der Waals surface area contributed by atoms with Crippen LogP contribution in [0.3, 0.4) is 0 Å². The molecular weight excluding hydrogens is 172 g/mol. The predicted molar refractivity (Wildman–Crippen MR) is 62.2 cm³/mol. The Bertz CT molecular complexity index is 166. The summed E-state index contributed by atoms with van der Waals surface area (Å²) in [5, 5.41) is 0. The number of hydrogen-bond donors (Lipinski definition) is 1. The van der Waals surface area contributed by atoms with E-state index in [4.69, 9.17) is 5.73 Å². The summed E-state index contributed by atoms with van der Waals surface area (Å²) in [6.07, 6.45) is 1.36. The molecule has 0 radical (unpaired) electrons. The normalized spacial score (nSPS) is 26.4. The molecule has 2 heteroatoms. The first-order valence-electron chi connectivity index (χ1n) is 5.98. The van der Waals surface area contributed by atoms with E-state index in [1.54, 1.807) is 0 Å². The highest BCUT2D eigenvalue weighted by Gasteiger charge is 2.26. The summed E-state index contributed by atoms with van der Waals surface area (Å²) >= 11 is 0. The maximum atomic E-state index is 6.08. The van der Waals surface area contributed by atoms with Crippen molar-refractivity contribution in [3.8, 4) is 0 Å². The minimum absolute atomic E-state index is 0.348. The molecule has 2 nitrogen and oxygen atoms in total. The van der Waals surface area contributed by atoms with Crippen LogP contribution in [0.4, 0.5) is 0 Å². The number of likely N-dealkylation sites (tertiary alicyclic amines) is 1. The van der Waals surface area contributed by atoms with Crippen LogP contribution in [0.2, 0.25) is 0 Å². The van der Waals surface area contributed by atoms with Crippen molar-refractivity contribution >= 4 is 0 Å². The Morgan fingerprint density at radius 1 is 1.29 bits per heavy atom. The highest BCUT2D eigenvalue weighted by atomic mass is 15.2. The van der Waals surface area contributed by atoms with Gasteiger partial charge in [0.25, 0.3) is 0 Å². The molecule has 0 saturated carbocycles. The van der Waals surface area contributed by atoms with Gasteiger partial charge in [0.15, 0.2) is 0 Å². The Morgan fingerprint density at radius 3 is 2.36 bits per heavy atom. The van der Waals surface area contributed by atoms with Crippen molar-refractivity contribution in [2.75, 3.05) is 19.6 Å². The molecular formula is C12H26N2. The fourth-order valence-corrected chi connectivity index (χ4v) is 2.08. The van der Waals surface area contributed by atoms with Gasteiger partial charge in [-0.3, -0.25) is 0 Å². The van der Waals surface area contributed by atoms with Crippen LogP contribution in [0.15, 0.2) is 0 Å². The average molecular weight is 198 g/mol. The van der Waals surface area contributed by atoms with Gasteiger partial charge in [-0.1, -0.05) is 27.7 Å². The zero-order valence-corrected chi connectivity index (χ0v) is 10.2. The van der Waals surface area contributed by atoms with Crippen molar-refractivity contribution in [3.63, 3.8) is 0 Å². The van der Waals surface area contributed by atoms with E-state index in [0.717, 1.165) is 18.4 Å². The van der Waals surface area contributed by atoms with E-state index in [1.807, 2.05) is 0 Å². The van der Waals surface area contributed by atoms with Crippen LogP contribution in [-0.2, 0) is 0 Å². The molecule has 14 heavy (non-hydrogen) atoms. The van der Waals surface area contributed by atoms with Crippen LogP contribution in [-0.4, -0.2) is 30.6 Å². The maximum Gasteiger partial charge on any atom is 0.0191 e. The third kappa shape index (κ3) is 3.25. The third-order valence-electron chi connectivity index (χ3n) is 3.58. The number of nitrogens with zero attached hydrogens (tertiary/aromatic N) is 1. The molecule has 1 aliphatic rings. The van der Waals surface area contributed by atoms with Gasteiger partial charge in [-0.2, -0.15) is 0 Å². The molecule has 0 aromatic heterocycles. The molecule has 0 aliphatic carbocycles. The molecule has 0 aromatic rings. The van der Waals surface area contributed by atoms with E-state index >= 15 is 0 Å². The van der Waals surface area contributed by atoms with E-state index in [0.29, 0.717) is 12.0 Å². The molecule has 1 saturated heterocycles. The highest BCUT2D eigenvalue weighted by Crippen LogP contribution is 2.23. The minimum atomic E-state index is 0.348. The van der Waals surface area contributed by atoms with Gasteiger partial charge in [-0.15, -0.1) is 0 Å². The average Bonchev–Trinajstić information content (AvgIpc) is 2.52. The molecule has 1 rings (SSSR count). The van der Waals surface area contributed by atoms with E-state index < -0.39 is 0 Å². The van der Waals surface area contributed by atoms with Crippen LogP contribution in [0.1, 0.15) is 34.1 Å². The van der Waals surface area contributed by atoms with Crippen LogP contribution < -0.4 is 5.73 Å². The molecule has 1 heterocycles. The number of rotatable bonds is 4. The minimum Gasteiger partial charge on any atom is -0.326 e. The summed E-state index contributed by atoms with van der Waals surface area (Å²) in [6, 6.07) is 0.348. The molecule has 0 spiro atoms. The topological polar surface area (TPSA) is 29.3 Å². The third-order valence-corrected chi connectivity index (χ3v) is 3.58. The fraction of sp³-hybridized carbons (Fsp3) is 1.00. The maximum absolute atomic E-state index is 6.08. The second-order valence-electron chi connectivity index (χ2n) is 5.46. The van der Waals surface area contributed by atoms with Crippen LogP contribution in [0.5, 0.6) is 0 Å². The van der Waals surface area contributed by atoms with E-state index in [1.165, 1.54) is 19.5 Å². The van der Waals surface area contributed by atoms with Crippen molar-refractivity contribution in [1.29, 1.82) is 0 Å². The van der Waals surface area contributed by atoms with E-state index in [-0.39, 0.29) is 0 Å². The van der Waals surface area contributed by atoms with Gasteiger partial charge in [0.05, 0.1) is 0 Å². The fourth-order valence-electron chi connectivity index (χ4n) is 2.08. The Labute approximate surface area is 88.8 Å². The van der Waals surface area contributed by atoms with E-state index in [2.05, 4.69) is 32.6 Å². The molecule has 0 bridgehead atoms. The molecule has 0 aromatic carbocycles. The smallest absolute Gasteiger partial charge is 0.0191 e. The molecule has 2 N–H and O–H groups in total. The monoisotopic (exact) mass is 198 g/mol. The Balaban J connectivity index is 2.29. The van der Waals surface area contributed by atoms with Crippen molar-refractivity contribution in [2.45, 2.75) is 40.2 Å². The first-order chi connectivity index (χ1) is 6.50. The van der Waals surface area contributed by atoms with Gasteiger partial charge in [-0.05, 0) is 30.7 Å². The summed E-state index contributed by atoms with van der Waals surface area (Å²) in [6.45, 7) is 12.7. The lowest BCUT2D eigenvalue weighted by atomic mass is 9.95. The standard InChI is InChI=1S/C12H26N2/c1-9(2)11-5-6-14(7-11)8-12(13)10(3)4/h9-12H,5-8,13H2,1-4H3. The van der Waals surface area contributed by atoms with Gasteiger partial charge in [-0.25, -0.2) is 0 Å². The Kier molecular flexibility index (Phi) is 4.39. The summed E-state index contributed by atoms with van der Waals surface area (Å²) in [4.78, 5) is 2.54. The molecule has 1 aliphatic heterocycles. The zero-order valence-electron chi connectivity index (χ0n) is 10.2. The summed E-state index contributed by atoms with van der Waals surface area (Å²) in [5.74, 6) is 2.33. The molecule has 2 unspecified atom stereocenters. The van der Waals surface area contributed by atoms with Crippen LogP contribution in [0, 0.1) is 17.8 Å². The van der Waals surface area contributed by atoms with Gasteiger partial charge in [0.1, 0.15) is 0 Å². The van der Waals surface area contributed by atoms with Crippen LogP contribution in [0.25, 0.3) is 0 Å². The predicted octanol–water partition coefficient (Wildman–Crippen LogP) is 1.95.